The second-order valence-electron chi connectivity index (χ2n) is 9.15. The second-order valence-corrected chi connectivity index (χ2v) is 13.5. The molecule has 2 aromatic carbocycles. The molecule has 37 heavy (non-hydrogen) atoms. The third kappa shape index (κ3) is 6.43. The normalized spacial score (nSPS) is 21.5. The Morgan fingerprint density at radius 2 is 1.62 bits per heavy atom. The van der Waals surface area contributed by atoms with Gasteiger partial charge in [0.25, 0.3) is 0 Å². The summed E-state index contributed by atoms with van der Waals surface area (Å²) in [6.45, 7) is 5.08. The van der Waals surface area contributed by atoms with E-state index in [4.69, 9.17) is 0 Å². The number of hydrogen-bond donors (Lipinski definition) is 5. The predicted molar refractivity (Wildman–Crippen MR) is 141 cm³/mol. The number of rotatable bonds is 10. The molecule has 1 fully saturated rings. The van der Waals surface area contributed by atoms with E-state index in [1.54, 1.807) is 39.0 Å². The van der Waals surface area contributed by atoms with Gasteiger partial charge in [0.05, 0.1) is 11.4 Å². The third-order valence-corrected chi connectivity index (χ3v) is 10.7. The van der Waals surface area contributed by atoms with Crippen LogP contribution >= 0.6 is 11.8 Å². The molecule has 0 spiro atoms. The number of urea groups is 1. The van der Waals surface area contributed by atoms with Crippen LogP contribution in [-0.2, 0) is 26.0 Å². The summed E-state index contributed by atoms with van der Waals surface area (Å²) in [5.74, 6) is -2.01. The van der Waals surface area contributed by atoms with Crippen molar-refractivity contribution in [1.29, 1.82) is 0 Å². The molecule has 3 unspecified atom stereocenters. The van der Waals surface area contributed by atoms with E-state index in [2.05, 4.69) is 21.3 Å². The van der Waals surface area contributed by atoms with Crippen molar-refractivity contribution in [3.8, 4) is 0 Å². The molecule has 1 heterocycles. The summed E-state index contributed by atoms with van der Waals surface area (Å²) < 4.78 is 24.7. The van der Waals surface area contributed by atoms with Gasteiger partial charge >= 0.3 is 12.0 Å². The van der Waals surface area contributed by atoms with Crippen LogP contribution in [-0.4, -0.2) is 59.0 Å². The topological polar surface area (TPSA) is 154 Å². The van der Waals surface area contributed by atoms with Crippen molar-refractivity contribution in [2.75, 3.05) is 6.54 Å². The Bertz CT molecular complexity index is 1220. The first-order valence-electron chi connectivity index (χ1n) is 11.8. The first-order chi connectivity index (χ1) is 17.4. The van der Waals surface area contributed by atoms with Crippen LogP contribution in [0.2, 0.25) is 0 Å². The number of nitrogens with one attached hydrogen (secondary N) is 4. The van der Waals surface area contributed by atoms with Crippen LogP contribution in [0.3, 0.4) is 0 Å². The van der Waals surface area contributed by atoms with Gasteiger partial charge in [-0.15, -0.1) is 11.8 Å². The van der Waals surface area contributed by atoms with Gasteiger partial charge in [-0.2, -0.15) is 0 Å². The summed E-state index contributed by atoms with van der Waals surface area (Å²) in [4.78, 5) is 37.3. The minimum Gasteiger partial charge on any atom is -0.480 e. The third-order valence-electron chi connectivity index (χ3n) is 6.08. The lowest BCUT2D eigenvalue weighted by molar-refractivity contribution is -0.142. The average molecular weight is 549 g/mol. The second kappa shape index (κ2) is 11.5. The van der Waals surface area contributed by atoms with Crippen molar-refractivity contribution >= 4 is 39.5 Å². The fourth-order valence-corrected chi connectivity index (χ4v) is 8.44. The highest BCUT2D eigenvalue weighted by molar-refractivity contribution is 8.15. The smallest absolute Gasteiger partial charge is 0.328 e. The molecule has 0 bridgehead atoms. The van der Waals surface area contributed by atoms with Crippen LogP contribution in [0.4, 0.5) is 4.79 Å². The van der Waals surface area contributed by atoms with E-state index >= 15 is 0 Å². The van der Waals surface area contributed by atoms with Crippen molar-refractivity contribution in [3.63, 3.8) is 0 Å². The van der Waals surface area contributed by atoms with E-state index in [9.17, 15) is 27.9 Å². The number of hydrogen-bond acceptors (Lipinski definition) is 7. The van der Waals surface area contributed by atoms with Crippen molar-refractivity contribution in [2.45, 2.75) is 59.7 Å². The van der Waals surface area contributed by atoms with Crippen LogP contribution < -0.4 is 21.3 Å². The zero-order valence-electron chi connectivity index (χ0n) is 20.9. The molecule has 0 aromatic heterocycles. The number of benzene rings is 2. The Labute approximate surface area is 220 Å². The number of carboxylic acid groups (broad SMARTS) is 1. The molecule has 3 rings (SSSR count). The monoisotopic (exact) mass is 548 g/mol. The Balaban J connectivity index is 1.68. The Kier molecular flexibility index (Phi) is 8.88. The zero-order chi connectivity index (χ0) is 27.3. The van der Waals surface area contributed by atoms with Gasteiger partial charge in [0.1, 0.15) is 12.1 Å². The summed E-state index contributed by atoms with van der Waals surface area (Å²) in [6.07, 6.45) is 0.174. The Morgan fingerprint density at radius 1 is 1.03 bits per heavy atom. The predicted octanol–water partition coefficient (Wildman–Crippen LogP) is 2.08. The highest BCUT2D eigenvalue weighted by Gasteiger charge is 2.59. The molecule has 1 aliphatic heterocycles. The lowest BCUT2D eigenvalue weighted by Crippen LogP contribution is -2.59. The fraction of sp³-hybridized carbons (Fsp3) is 0.400. The maximum Gasteiger partial charge on any atom is 0.328 e. The maximum absolute atomic E-state index is 13.6. The van der Waals surface area contributed by atoms with Crippen molar-refractivity contribution in [2.24, 2.45) is 0 Å². The van der Waals surface area contributed by atoms with Crippen molar-refractivity contribution in [3.05, 3.63) is 66.2 Å². The summed E-state index contributed by atoms with van der Waals surface area (Å²) in [6, 6.07) is 14.2. The van der Waals surface area contributed by atoms with Gasteiger partial charge in [-0.1, -0.05) is 55.5 Å². The molecule has 200 valence electrons. The molecule has 12 heteroatoms. The van der Waals surface area contributed by atoms with Crippen molar-refractivity contribution < 1.29 is 27.9 Å². The Morgan fingerprint density at radius 3 is 2.19 bits per heavy atom. The lowest BCUT2D eigenvalue weighted by atomic mass is 10.0. The summed E-state index contributed by atoms with van der Waals surface area (Å²) in [5.41, 5.74) is 0.873. The molecule has 3 amide bonds. The van der Waals surface area contributed by atoms with E-state index in [1.807, 2.05) is 30.3 Å². The highest BCUT2D eigenvalue weighted by Crippen LogP contribution is 2.51. The molecule has 3 atom stereocenters. The number of carbonyl (C=O) groups excluding carboxylic acids is 2. The maximum atomic E-state index is 13.6. The Hall–Kier alpha value is -3.09. The number of thioether (sulfide) groups is 1. The standard InChI is InChI=1S/C25H32N4O6S2/c1-4-25(37(34,35)18-13-9-6-10-14-18)29-20(24(2,3)36-25)21(30)28-19(22(31)32)16-27-23(33)26-15-17-11-7-5-8-12-17/h5-14,19-20,29H,4,15-16H2,1-3H3,(H,28,30)(H,31,32)(H2,26,27,33). The molecular weight excluding hydrogens is 516 g/mol. The SMILES string of the molecule is CCC1(S(=O)(=O)c2ccccc2)NC(C(=O)NC(CNC(=O)NCc2ccccc2)C(=O)O)C(C)(C)S1. The minimum atomic E-state index is -3.89. The lowest BCUT2D eigenvalue weighted by Gasteiger charge is -2.28. The first-order valence-corrected chi connectivity index (χ1v) is 14.1. The summed E-state index contributed by atoms with van der Waals surface area (Å²) >= 11 is 1.12. The van der Waals surface area contributed by atoms with Crippen LogP contribution in [0, 0.1) is 0 Å². The number of sulfone groups is 1. The molecule has 1 saturated heterocycles. The molecule has 2 aromatic rings. The van der Waals surface area contributed by atoms with Gasteiger partial charge in [0.2, 0.25) is 15.7 Å². The van der Waals surface area contributed by atoms with Gasteiger partial charge in [-0.25, -0.2) is 18.0 Å². The van der Waals surface area contributed by atoms with E-state index in [0.717, 1.165) is 17.3 Å². The number of carboxylic acids is 1. The van der Waals surface area contributed by atoms with Crippen LogP contribution in [0.25, 0.3) is 0 Å². The van der Waals surface area contributed by atoms with E-state index in [0.29, 0.717) is 0 Å². The first kappa shape index (κ1) is 28.5. The zero-order valence-corrected chi connectivity index (χ0v) is 22.5. The molecule has 0 radical (unpaired) electrons. The van der Waals surface area contributed by atoms with E-state index in [1.165, 1.54) is 12.1 Å². The minimum absolute atomic E-state index is 0.128. The molecule has 0 aliphatic carbocycles. The largest absolute Gasteiger partial charge is 0.480 e. The van der Waals surface area contributed by atoms with Crippen molar-refractivity contribution in [1.82, 2.24) is 21.3 Å². The number of amides is 3. The van der Waals surface area contributed by atoms with E-state index < -0.39 is 48.8 Å². The van der Waals surface area contributed by atoms with Gasteiger partial charge < -0.3 is 21.1 Å². The molecular formula is C25H32N4O6S2. The average Bonchev–Trinajstić information content (AvgIpc) is 3.18. The van der Waals surface area contributed by atoms with E-state index in [-0.39, 0.29) is 24.4 Å². The fourth-order valence-electron chi connectivity index (χ4n) is 4.07. The van der Waals surface area contributed by atoms with Crippen LogP contribution in [0.1, 0.15) is 32.8 Å². The number of carbonyl (C=O) groups is 3. The summed E-state index contributed by atoms with van der Waals surface area (Å²) in [5, 5.41) is 20.2. The molecule has 0 saturated carbocycles. The summed E-state index contributed by atoms with van der Waals surface area (Å²) in [7, 11) is -3.89. The van der Waals surface area contributed by atoms with Gasteiger partial charge in [0.15, 0.2) is 4.20 Å². The molecule has 10 nitrogen and oxygen atoms in total. The van der Waals surface area contributed by atoms with Gasteiger partial charge in [-0.3, -0.25) is 10.1 Å². The van der Waals surface area contributed by atoms with Crippen LogP contribution in [0.5, 0.6) is 0 Å². The van der Waals surface area contributed by atoms with Crippen LogP contribution in [0.15, 0.2) is 65.6 Å². The van der Waals surface area contributed by atoms with Gasteiger partial charge in [0, 0.05) is 11.3 Å². The quantitative estimate of drug-likeness (QED) is 0.302. The van der Waals surface area contributed by atoms with Gasteiger partial charge in [-0.05, 0) is 38.0 Å². The molecule has 5 N–H and O–H groups in total. The highest BCUT2D eigenvalue weighted by atomic mass is 32.3. The molecule has 1 aliphatic rings. The number of aliphatic carboxylic acids is 1.